The van der Waals surface area contributed by atoms with Crippen LogP contribution in [0.1, 0.15) is 43.9 Å². The SMILES string of the molecule is CCCc1cccc(-c2ccc(CNC(C)C)cc2C)c1. The van der Waals surface area contributed by atoms with Crippen molar-refractivity contribution in [1.29, 1.82) is 0 Å². The number of aryl methyl sites for hydroxylation is 2. The van der Waals surface area contributed by atoms with Gasteiger partial charge in [-0.15, -0.1) is 0 Å². The minimum Gasteiger partial charge on any atom is -0.310 e. The number of hydrogen-bond acceptors (Lipinski definition) is 1. The lowest BCUT2D eigenvalue weighted by molar-refractivity contribution is 0.589. The predicted octanol–water partition coefficient (Wildman–Crippen LogP) is 5.11. The molecule has 0 aromatic heterocycles. The molecule has 112 valence electrons. The van der Waals surface area contributed by atoms with Crippen molar-refractivity contribution >= 4 is 0 Å². The number of nitrogens with one attached hydrogen (secondary N) is 1. The average Bonchev–Trinajstić information content (AvgIpc) is 2.46. The largest absolute Gasteiger partial charge is 0.310 e. The van der Waals surface area contributed by atoms with E-state index in [0.717, 1.165) is 13.0 Å². The maximum absolute atomic E-state index is 3.47. The van der Waals surface area contributed by atoms with Crippen LogP contribution in [0.2, 0.25) is 0 Å². The second-order valence-electron chi connectivity index (χ2n) is 6.14. The van der Waals surface area contributed by atoms with Crippen LogP contribution in [0.3, 0.4) is 0 Å². The van der Waals surface area contributed by atoms with Crippen LogP contribution >= 0.6 is 0 Å². The van der Waals surface area contributed by atoms with Gasteiger partial charge in [0.05, 0.1) is 0 Å². The summed E-state index contributed by atoms with van der Waals surface area (Å²) < 4.78 is 0. The Balaban J connectivity index is 2.22. The summed E-state index contributed by atoms with van der Waals surface area (Å²) in [6.07, 6.45) is 2.35. The molecule has 1 heteroatoms. The maximum Gasteiger partial charge on any atom is 0.0207 e. The summed E-state index contributed by atoms with van der Waals surface area (Å²) in [6, 6.07) is 16.3. The molecule has 1 nitrogen and oxygen atoms in total. The zero-order chi connectivity index (χ0) is 15.2. The summed E-state index contributed by atoms with van der Waals surface area (Å²) in [4.78, 5) is 0. The molecule has 0 spiro atoms. The third-order valence-corrected chi connectivity index (χ3v) is 3.78. The van der Waals surface area contributed by atoms with E-state index in [-0.39, 0.29) is 0 Å². The zero-order valence-corrected chi connectivity index (χ0v) is 13.7. The fraction of sp³-hybridized carbons (Fsp3) is 0.400. The Hall–Kier alpha value is -1.60. The van der Waals surface area contributed by atoms with E-state index in [4.69, 9.17) is 0 Å². The first-order valence-electron chi connectivity index (χ1n) is 8.02. The fourth-order valence-electron chi connectivity index (χ4n) is 2.66. The smallest absolute Gasteiger partial charge is 0.0207 e. The van der Waals surface area contributed by atoms with E-state index in [9.17, 15) is 0 Å². The van der Waals surface area contributed by atoms with Crippen molar-refractivity contribution in [1.82, 2.24) is 5.32 Å². The highest BCUT2D eigenvalue weighted by Crippen LogP contribution is 2.25. The van der Waals surface area contributed by atoms with E-state index in [1.807, 2.05) is 0 Å². The summed E-state index contributed by atoms with van der Waals surface area (Å²) in [6.45, 7) is 9.74. The number of hydrogen-bond donors (Lipinski definition) is 1. The van der Waals surface area contributed by atoms with Crippen LogP contribution in [0.5, 0.6) is 0 Å². The minimum atomic E-state index is 0.524. The lowest BCUT2D eigenvalue weighted by Gasteiger charge is -2.12. The molecule has 0 fully saturated rings. The van der Waals surface area contributed by atoms with Crippen LogP contribution in [0.4, 0.5) is 0 Å². The summed E-state index contributed by atoms with van der Waals surface area (Å²) >= 11 is 0. The lowest BCUT2D eigenvalue weighted by Crippen LogP contribution is -2.21. The molecule has 0 radical (unpaired) electrons. The Morgan fingerprint density at radius 2 is 1.81 bits per heavy atom. The summed E-state index contributed by atoms with van der Waals surface area (Å²) in [7, 11) is 0. The maximum atomic E-state index is 3.47. The van der Waals surface area contributed by atoms with Gasteiger partial charge in [0.25, 0.3) is 0 Å². The summed E-state index contributed by atoms with van der Waals surface area (Å²) in [5, 5.41) is 3.47. The zero-order valence-electron chi connectivity index (χ0n) is 13.7. The first-order valence-corrected chi connectivity index (χ1v) is 8.02. The number of rotatable bonds is 6. The van der Waals surface area contributed by atoms with Crippen LogP contribution < -0.4 is 5.32 Å². The molecule has 2 aromatic carbocycles. The molecule has 0 atom stereocenters. The van der Waals surface area contributed by atoms with Crippen LogP contribution in [0.25, 0.3) is 11.1 Å². The van der Waals surface area contributed by atoms with Gasteiger partial charge < -0.3 is 5.32 Å². The molecule has 0 saturated carbocycles. The van der Waals surface area contributed by atoms with E-state index in [1.54, 1.807) is 0 Å². The van der Waals surface area contributed by atoms with Crippen molar-refractivity contribution < 1.29 is 0 Å². The highest BCUT2D eigenvalue weighted by atomic mass is 14.9. The van der Waals surface area contributed by atoms with Gasteiger partial charge in [-0.1, -0.05) is 69.7 Å². The first kappa shape index (κ1) is 15.8. The van der Waals surface area contributed by atoms with Crippen LogP contribution in [-0.4, -0.2) is 6.04 Å². The van der Waals surface area contributed by atoms with Gasteiger partial charge in [-0.2, -0.15) is 0 Å². The van der Waals surface area contributed by atoms with Gasteiger partial charge in [0.2, 0.25) is 0 Å². The topological polar surface area (TPSA) is 12.0 Å². The second kappa shape index (κ2) is 7.42. The average molecular weight is 281 g/mol. The van der Waals surface area contributed by atoms with Gasteiger partial charge in [-0.25, -0.2) is 0 Å². The predicted molar refractivity (Wildman–Crippen MR) is 92.6 cm³/mol. The van der Waals surface area contributed by atoms with E-state index < -0.39 is 0 Å². The molecule has 0 heterocycles. The third kappa shape index (κ3) is 4.44. The highest BCUT2D eigenvalue weighted by molar-refractivity contribution is 5.68. The molecule has 2 aromatic rings. The van der Waals surface area contributed by atoms with Gasteiger partial charge in [0.15, 0.2) is 0 Å². The van der Waals surface area contributed by atoms with Gasteiger partial charge in [0, 0.05) is 12.6 Å². The molecule has 2 rings (SSSR count). The molecule has 1 N–H and O–H groups in total. The molecule has 0 amide bonds. The van der Waals surface area contributed by atoms with E-state index in [0.29, 0.717) is 6.04 Å². The van der Waals surface area contributed by atoms with Gasteiger partial charge in [0.1, 0.15) is 0 Å². The van der Waals surface area contributed by atoms with Gasteiger partial charge >= 0.3 is 0 Å². The molecule has 0 aliphatic carbocycles. The molecule has 0 bridgehead atoms. The molecule has 0 saturated heterocycles. The summed E-state index contributed by atoms with van der Waals surface area (Å²) in [5.41, 5.74) is 6.82. The van der Waals surface area contributed by atoms with Crippen LogP contribution in [0.15, 0.2) is 42.5 Å². The molecule has 0 unspecified atom stereocenters. The fourth-order valence-corrected chi connectivity index (χ4v) is 2.66. The van der Waals surface area contributed by atoms with E-state index >= 15 is 0 Å². The van der Waals surface area contributed by atoms with Crippen molar-refractivity contribution in [3.05, 3.63) is 59.2 Å². The molecule has 0 aliphatic rings. The number of benzene rings is 2. The van der Waals surface area contributed by atoms with Crippen molar-refractivity contribution in [2.24, 2.45) is 0 Å². The lowest BCUT2D eigenvalue weighted by atomic mass is 9.96. The van der Waals surface area contributed by atoms with Crippen molar-refractivity contribution in [2.45, 2.75) is 53.1 Å². The highest BCUT2D eigenvalue weighted by Gasteiger charge is 2.04. The monoisotopic (exact) mass is 281 g/mol. The summed E-state index contributed by atoms with van der Waals surface area (Å²) in [5.74, 6) is 0. The van der Waals surface area contributed by atoms with Gasteiger partial charge in [-0.3, -0.25) is 0 Å². The van der Waals surface area contributed by atoms with Crippen molar-refractivity contribution in [2.75, 3.05) is 0 Å². The second-order valence-corrected chi connectivity index (χ2v) is 6.14. The minimum absolute atomic E-state index is 0.524. The molecule has 0 aliphatic heterocycles. The molecular weight excluding hydrogens is 254 g/mol. The third-order valence-electron chi connectivity index (χ3n) is 3.78. The molecule has 21 heavy (non-hydrogen) atoms. The normalized spacial score (nSPS) is 11.1. The van der Waals surface area contributed by atoms with Crippen molar-refractivity contribution in [3.8, 4) is 11.1 Å². The standard InChI is InChI=1S/C20H27N/c1-5-7-17-8-6-9-19(13-17)20-11-10-18(12-16(20)4)14-21-15(2)3/h6,8-13,15,21H,5,7,14H2,1-4H3. The van der Waals surface area contributed by atoms with E-state index in [2.05, 4.69) is 75.5 Å². The Bertz CT molecular complexity index is 584. The Morgan fingerprint density at radius 3 is 2.48 bits per heavy atom. The Labute approximate surface area is 129 Å². The Morgan fingerprint density at radius 1 is 1.00 bits per heavy atom. The van der Waals surface area contributed by atoms with Crippen molar-refractivity contribution in [3.63, 3.8) is 0 Å². The van der Waals surface area contributed by atoms with Crippen LogP contribution in [-0.2, 0) is 13.0 Å². The molecular formula is C20H27N. The van der Waals surface area contributed by atoms with E-state index in [1.165, 1.54) is 34.2 Å². The first-order chi connectivity index (χ1) is 10.1. The quantitative estimate of drug-likeness (QED) is 0.775. The van der Waals surface area contributed by atoms with Gasteiger partial charge in [-0.05, 0) is 41.2 Å². The Kier molecular flexibility index (Phi) is 5.58. The van der Waals surface area contributed by atoms with Crippen LogP contribution in [0, 0.1) is 6.92 Å².